The summed E-state index contributed by atoms with van der Waals surface area (Å²) in [4.78, 5) is 13.0. The Hall–Kier alpha value is -2.80. The quantitative estimate of drug-likeness (QED) is 0.529. The first kappa shape index (κ1) is 19.0. The molecule has 1 aromatic heterocycles. The zero-order valence-corrected chi connectivity index (χ0v) is 16.0. The van der Waals surface area contributed by atoms with Crippen LogP contribution in [-0.2, 0) is 0 Å². The van der Waals surface area contributed by atoms with Crippen molar-refractivity contribution in [2.24, 2.45) is 0 Å². The lowest BCUT2D eigenvalue weighted by Gasteiger charge is -2.12. The number of aromatic nitrogens is 3. The minimum atomic E-state index is 0.114. The molecule has 0 aliphatic heterocycles. The van der Waals surface area contributed by atoms with Crippen molar-refractivity contribution < 1.29 is 4.74 Å². The molecule has 0 aliphatic carbocycles. The topological polar surface area (TPSA) is 86.0 Å². The van der Waals surface area contributed by atoms with Crippen molar-refractivity contribution in [3.05, 3.63) is 66.5 Å². The van der Waals surface area contributed by atoms with Crippen molar-refractivity contribution in [1.29, 1.82) is 0 Å². The first-order valence-corrected chi connectivity index (χ1v) is 9.88. The molecule has 0 aliphatic rings. The second-order valence-electron chi connectivity index (χ2n) is 5.89. The van der Waals surface area contributed by atoms with Crippen molar-refractivity contribution in [2.75, 3.05) is 23.4 Å². The number of thioether (sulfide) groups is 1. The highest BCUT2D eigenvalue weighted by molar-refractivity contribution is 7.99. The highest BCUT2D eigenvalue weighted by Crippen LogP contribution is 2.27. The third-order valence-corrected chi connectivity index (χ3v) is 4.97. The van der Waals surface area contributed by atoms with E-state index in [-0.39, 0.29) is 11.2 Å². The zero-order valence-electron chi connectivity index (χ0n) is 15.2. The molecule has 0 amide bonds. The molecule has 3 aromatic rings. The standard InChI is InChI=1S/C20H23N5OS/c1-15(27-14-8-13-26-17-11-6-3-7-12-17)18-23-19(21)25-20(24-18)22-16-9-4-2-5-10-16/h2-7,9-12,15H,8,13-14H2,1H3,(H3,21,22,23,24,25). The summed E-state index contributed by atoms with van der Waals surface area (Å²) >= 11 is 1.77. The van der Waals surface area contributed by atoms with Gasteiger partial charge in [-0.1, -0.05) is 36.4 Å². The molecule has 6 nitrogen and oxygen atoms in total. The Balaban J connectivity index is 1.49. The summed E-state index contributed by atoms with van der Waals surface area (Å²) in [6, 6.07) is 19.6. The van der Waals surface area contributed by atoms with Crippen molar-refractivity contribution in [1.82, 2.24) is 15.0 Å². The number of rotatable bonds is 9. The Morgan fingerprint density at radius 1 is 1.00 bits per heavy atom. The molecule has 1 atom stereocenters. The number of nitrogens with one attached hydrogen (secondary N) is 1. The highest BCUT2D eigenvalue weighted by Gasteiger charge is 2.13. The lowest BCUT2D eigenvalue weighted by molar-refractivity contribution is 0.318. The number of nitrogens with two attached hydrogens (primary N) is 1. The van der Waals surface area contributed by atoms with Crippen molar-refractivity contribution >= 4 is 29.3 Å². The average Bonchev–Trinajstić information content (AvgIpc) is 2.69. The maximum atomic E-state index is 5.86. The maximum Gasteiger partial charge on any atom is 0.232 e. The number of hydrogen-bond donors (Lipinski definition) is 2. The van der Waals surface area contributed by atoms with Crippen LogP contribution in [0.3, 0.4) is 0 Å². The van der Waals surface area contributed by atoms with Crippen LogP contribution in [0.5, 0.6) is 5.75 Å². The van der Waals surface area contributed by atoms with Crippen LogP contribution in [0.4, 0.5) is 17.6 Å². The molecule has 3 rings (SSSR count). The van der Waals surface area contributed by atoms with E-state index in [9.17, 15) is 0 Å². The van der Waals surface area contributed by atoms with Crippen LogP contribution in [-0.4, -0.2) is 27.3 Å². The number of ether oxygens (including phenoxy) is 1. The van der Waals surface area contributed by atoms with Gasteiger partial charge in [0, 0.05) is 5.69 Å². The van der Waals surface area contributed by atoms with Crippen LogP contribution in [0, 0.1) is 0 Å². The van der Waals surface area contributed by atoms with Gasteiger partial charge in [0.15, 0.2) is 0 Å². The van der Waals surface area contributed by atoms with Crippen molar-refractivity contribution in [3.63, 3.8) is 0 Å². The van der Waals surface area contributed by atoms with Crippen molar-refractivity contribution in [2.45, 2.75) is 18.6 Å². The minimum Gasteiger partial charge on any atom is -0.494 e. The van der Waals surface area contributed by atoms with Gasteiger partial charge in [-0.15, -0.1) is 0 Å². The summed E-state index contributed by atoms with van der Waals surface area (Å²) in [6.07, 6.45) is 0.944. The second-order valence-corrected chi connectivity index (χ2v) is 7.34. The van der Waals surface area contributed by atoms with E-state index in [1.807, 2.05) is 60.7 Å². The summed E-state index contributed by atoms with van der Waals surface area (Å²) in [5, 5.41) is 3.28. The molecular weight excluding hydrogens is 358 g/mol. The predicted octanol–water partition coefficient (Wildman–Crippen LogP) is 4.46. The molecule has 140 valence electrons. The lowest BCUT2D eigenvalue weighted by Crippen LogP contribution is -2.08. The van der Waals surface area contributed by atoms with Gasteiger partial charge in [-0.05, 0) is 43.4 Å². The summed E-state index contributed by atoms with van der Waals surface area (Å²) in [7, 11) is 0. The van der Waals surface area contributed by atoms with E-state index in [0.717, 1.165) is 23.6 Å². The summed E-state index contributed by atoms with van der Waals surface area (Å²) in [5.41, 5.74) is 6.77. The summed E-state index contributed by atoms with van der Waals surface area (Å²) in [5.74, 6) is 3.20. The molecule has 0 radical (unpaired) electrons. The number of nitrogens with zero attached hydrogens (tertiary/aromatic N) is 3. The number of para-hydroxylation sites is 2. The van der Waals surface area contributed by atoms with E-state index in [1.165, 1.54) is 0 Å². The van der Waals surface area contributed by atoms with Gasteiger partial charge < -0.3 is 15.8 Å². The van der Waals surface area contributed by atoms with Crippen LogP contribution in [0.1, 0.15) is 24.4 Å². The van der Waals surface area contributed by atoms with Gasteiger partial charge in [0.2, 0.25) is 11.9 Å². The number of anilines is 3. The molecule has 2 aromatic carbocycles. The first-order valence-electron chi connectivity index (χ1n) is 8.83. The van der Waals surface area contributed by atoms with E-state index in [0.29, 0.717) is 18.4 Å². The third-order valence-electron chi connectivity index (χ3n) is 3.73. The molecule has 7 heteroatoms. The van der Waals surface area contributed by atoms with Gasteiger partial charge in [-0.3, -0.25) is 0 Å². The fourth-order valence-electron chi connectivity index (χ4n) is 2.40. The molecule has 1 unspecified atom stereocenters. The average molecular weight is 382 g/mol. The third kappa shape index (κ3) is 6.14. The van der Waals surface area contributed by atoms with E-state index in [2.05, 4.69) is 27.2 Å². The smallest absolute Gasteiger partial charge is 0.232 e. The van der Waals surface area contributed by atoms with Crippen LogP contribution >= 0.6 is 11.8 Å². The van der Waals surface area contributed by atoms with Crippen LogP contribution in [0.15, 0.2) is 60.7 Å². The first-order chi connectivity index (χ1) is 13.2. The molecular formula is C20H23N5OS. The largest absolute Gasteiger partial charge is 0.494 e. The van der Waals surface area contributed by atoms with Gasteiger partial charge in [0.1, 0.15) is 11.6 Å². The Kier molecular flexibility index (Phi) is 6.87. The monoisotopic (exact) mass is 381 g/mol. The molecule has 1 heterocycles. The zero-order chi connectivity index (χ0) is 18.9. The minimum absolute atomic E-state index is 0.114. The fourth-order valence-corrected chi connectivity index (χ4v) is 3.29. The lowest BCUT2D eigenvalue weighted by atomic mass is 10.3. The SMILES string of the molecule is CC(SCCCOc1ccccc1)c1nc(N)nc(Nc2ccccc2)n1. The molecule has 0 spiro atoms. The summed E-state index contributed by atoms with van der Waals surface area (Å²) in [6.45, 7) is 2.76. The summed E-state index contributed by atoms with van der Waals surface area (Å²) < 4.78 is 5.71. The van der Waals surface area contributed by atoms with Crippen molar-refractivity contribution in [3.8, 4) is 5.75 Å². The Bertz CT molecular complexity index is 832. The molecule has 0 fully saturated rings. The number of benzene rings is 2. The normalized spacial score (nSPS) is 11.7. The van der Waals surface area contributed by atoms with Crippen LogP contribution < -0.4 is 15.8 Å². The Morgan fingerprint density at radius 3 is 2.44 bits per heavy atom. The van der Waals surface area contributed by atoms with Gasteiger partial charge >= 0.3 is 0 Å². The second kappa shape index (κ2) is 9.78. The van der Waals surface area contributed by atoms with E-state index >= 15 is 0 Å². The van der Waals surface area contributed by atoms with E-state index < -0.39 is 0 Å². The van der Waals surface area contributed by atoms with Crippen LogP contribution in [0.2, 0.25) is 0 Å². The molecule has 27 heavy (non-hydrogen) atoms. The molecule has 0 saturated carbocycles. The molecule has 0 bridgehead atoms. The van der Waals surface area contributed by atoms with Gasteiger partial charge in [-0.25, -0.2) is 0 Å². The Labute approximate surface area is 163 Å². The van der Waals surface area contributed by atoms with Gasteiger partial charge in [-0.2, -0.15) is 26.7 Å². The fraction of sp³-hybridized carbons (Fsp3) is 0.250. The van der Waals surface area contributed by atoms with Gasteiger partial charge in [0.25, 0.3) is 0 Å². The number of nitrogen functional groups attached to an aromatic ring is 1. The van der Waals surface area contributed by atoms with Crippen LogP contribution in [0.25, 0.3) is 0 Å². The van der Waals surface area contributed by atoms with Gasteiger partial charge in [0.05, 0.1) is 11.9 Å². The maximum absolute atomic E-state index is 5.86. The van der Waals surface area contributed by atoms with E-state index in [4.69, 9.17) is 10.5 Å². The van der Waals surface area contributed by atoms with E-state index in [1.54, 1.807) is 11.8 Å². The molecule has 0 saturated heterocycles. The number of hydrogen-bond acceptors (Lipinski definition) is 7. The Morgan fingerprint density at radius 2 is 1.70 bits per heavy atom. The predicted molar refractivity (Wildman–Crippen MR) is 111 cm³/mol. The highest BCUT2D eigenvalue weighted by atomic mass is 32.2. The molecule has 3 N–H and O–H groups in total.